The second-order valence-electron chi connectivity index (χ2n) is 5.20. The first-order valence-corrected chi connectivity index (χ1v) is 8.43. The maximum atomic E-state index is 11.9. The molecule has 2 rings (SSSR count). The van der Waals surface area contributed by atoms with Crippen molar-refractivity contribution in [3.05, 3.63) is 57.2 Å². The Hall–Kier alpha value is -2.09. The molecule has 5 nitrogen and oxygen atoms in total. The van der Waals surface area contributed by atoms with E-state index in [0.29, 0.717) is 11.4 Å². The first kappa shape index (κ1) is 18.3. The van der Waals surface area contributed by atoms with Crippen molar-refractivity contribution in [2.75, 3.05) is 18.5 Å². The summed E-state index contributed by atoms with van der Waals surface area (Å²) in [6.45, 7) is 3.30. The summed E-state index contributed by atoms with van der Waals surface area (Å²) in [5, 5.41) is 2.73. The van der Waals surface area contributed by atoms with Gasteiger partial charge in [0, 0.05) is 9.26 Å². The predicted molar refractivity (Wildman–Crippen MR) is 100 cm³/mol. The van der Waals surface area contributed by atoms with Gasteiger partial charge < -0.3 is 14.8 Å². The number of halogens is 1. The Balaban J connectivity index is 1.75. The summed E-state index contributed by atoms with van der Waals surface area (Å²) in [7, 11) is 0. The van der Waals surface area contributed by atoms with E-state index in [1.54, 1.807) is 12.1 Å². The Morgan fingerprint density at radius 3 is 2.46 bits per heavy atom. The first-order chi connectivity index (χ1) is 11.5. The summed E-state index contributed by atoms with van der Waals surface area (Å²) >= 11 is 2.18. The Morgan fingerprint density at radius 1 is 1.04 bits per heavy atom. The van der Waals surface area contributed by atoms with Crippen molar-refractivity contribution in [2.45, 2.75) is 13.8 Å². The van der Waals surface area contributed by atoms with Crippen molar-refractivity contribution < 1.29 is 19.1 Å². The normalized spacial score (nSPS) is 10.1. The van der Waals surface area contributed by atoms with Gasteiger partial charge in [-0.15, -0.1) is 0 Å². The summed E-state index contributed by atoms with van der Waals surface area (Å²) in [5.41, 5.74) is 2.78. The molecule has 6 heteroatoms. The van der Waals surface area contributed by atoms with Gasteiger partial charge in [0.05, 0.1) is 0 Å². The van der Waals surface area contributed by atoms with Crippen LogP contribution in [0.4, 0.5) is 5.69 Å². The minimum absolute atomic E-state index is 0.239. The Bertz CT molecular complexity index is 728. The van der Waals surface area contributed by atoms with Crippen LogP contribution in [0.5, 0.6) is 5.75 Å². The summed E-state index contributed by atoms with van der Waals surface area (Å²) in [5.74, 6) is -0.400. The fourth-order valence-corrected chi connectivity index (χ4v) is 2.29. The lowest BCUT2D eigenvalue weighted by atomic mass is 10.1. The predicted octanol–water partition coefficient (Wildman–Crippen LogP) is 3.47. The molecule has 0 saturated carbocycles. The van der Waals surface area contributed by atoms with Gasteiger partial charge in [0.2, 0.25) is 0 Å². The molecule has 0 fully saturated rings. The largest absolute Gasteiger partial charge is 0.482 e. The molecule has 0 radical (unpaired) electrons. The fraction of sp³-hybridized carbons (Fsp3) is 0.222. The van der Waals surface area contributed by atoms with Crippen LogP contribution in [-0.4, -0.2) is 25.1 Å². The lowest BCUT2D eigenvalue weighted by molar-refractivity contribution is -0.149. The van der Waals surface area contributed by atoms with Crippen LogP contribution in [0.1, 0.15) is 11.1 Å². The number of aryl methyl sites for hydroxylation is 1. The zero-order valence-corrected chi connectivity index (χ0v) is 15.6. The third-order valence-corrected chi connectivity index (χ3v) is 4.13. The molecule has 2 aromatic carbocycles. The molecular weight excluding hydrogens is 421 g/mol. The third-order valence-electron chi connectivity index (χ3n) is 3.41. The minimum Gasteiger partial charge on any atom is -0.482 e. The number of hydrogen-bond acceptors (Lipinski definition) is 4. The molecule has 0 heterocycles. The molecule has 0 bridgehead atoms. The van der Waals surface area contributed by atoms with E-state index in [1.807, 2.05) is 44.2 Å². The van der Waals surface area contributed by atoms with Crippen LogP contribution >= 0.6 is 22.6 Å². The van der Waals surface area contributed by atoms with Crippen LogP contribution < -0.4 is 10.1 Å². The maximum absolute atomic E-state index is 11.9. The van der Waals surface area contributed by atoms with Crippen molar-refractivity contribution in [3.63, 3.8) is 0 Å². The van der Waals surface area contributed by atoms with Gasteiger partial charge in [0.1, 0.15) is 5.75 Å². The SMILES string of the molecule is Cc1cccc(NC(=O)COC(=O)COc2ccc(I)cc2)c1C. The van der Waals surface area contributed by atoms with E-state index in [9.17, 15) is 9.59 Å². The van der Waals surface area contributed by atoms with Crippen LogP contribution in [0.25, 0.3) is 0 Å². The average molecular weight is 439 g/mol. The van der Waals surface area contributed by atoms with Gasteiger partial charge in [-0.3, -0.25) is 4.79 Å². The minimum atomic E-state index is -0.593. The number of ether oxygens (including phenoxy) is 2. The Labute approximate surface area is 154 Å². The number of anilines is 1. The quantitative estimate of drug-likeness (QED) is 0.553. The van der Waals surface area contributed by atoms with Crippen molar-refractivity contribution in [1.82, 2.24) is 0 Å². The average Bonchev–Trinajstić information content (AvgIpc) is 2.56. The van der Waals surface area contributed by atoms with Gasteiger partial charge in [-0.25, -0.2) is 4.79 Å². The van der Waals surface area contributed by atoms with Crippen molar-refractivity contribution in [3.8, 4) is 5.75 Å². The molecule has 1 N–H and O–H groups in total. The first-order valence-electron chi connectivity index (χ1n) is 7.36. The molecule has 0 spiro atoms. The number of carbonyl (C=O) groups is 2. The van der Waals surface area contributed by atoms with E-state index in [-0.39, 0.29) is 19.1 Å². The molecule has 0 aliphatic heterocycles. The second-order valence-corrected chi connectivity index (χ2v) is 6.44. The molecule has 0 aromatic heterocycles. The molecule has 0 aliphatic rings. The highest BCUT2D eigenvalue weighted by Gasteiger charge is 2.10. The third kappa shape index (κ3) is 5.52. The summed E-state index contributed by atoms with van der Waals surface area (Å²) < 4.78 is 11.3. The van der Waals surface area contributed by atoms with E-state index in [2.05, 4.69) is 27.9 Å². The second kappa shape index (κ2) is 8.68. The van der Waals surface area contributed by atoms with Gasteiger partial charge in [0.25, 0.3) is 5.91 Å². The standard InChI is InChI=1S/C18H18INO4/c1-12-4-3-5-16(13(12)2)20-17(21)10-24-18(22)11-23-15-8-6-14(19)7-9-15/h3-9H,10-11H2,1-2H3,(H,20,21). The molecule has 0 saturated heterocycles. The number of benzene rings is 2. The maximum Gasteiger partial charge on any atom is 0.344 e. The van der Waals surface area contributed by atoms with E-state index >= 15 is 0 Å². The van der Waals surface area contributed by atoms with E-state index < -0.39 is 5.97 Å². The molecule has 2 aromatic rings. The molecular formula is C18H18INO4. The van der Waals surface area contributed by atoms with Crippen LogP contribution in [0.3, 0.4) is 0 Å². The Morgan fingerprint density at radius 2 is 1.75 bits per heavy atom. The van der Waals surface area contributed by atoms with Crippen molar-refractivity contribution >= 4 is 40.2 Å². The van der Waals surface area contributed by atoms with Gasteiger partial charge >= 0.3 is 5.97 Å². The van der Waals surface area contributed by atoms with Crippen LogP contribution in [0, 0.1) is 17.4 Å². The fourth-order valence-electron chi connectivity index (χ4n) is 1.93. The summed E-state index contributed by atoms with van der Waals surface area (Å²) in [6.07, 6.45) is 0. The number of esters is 1. The monoisotopic (exact) mass is 439 g/mol. The van der Waals surface area contributed by atoms with Crippen LogP contribution in [0.2, 0.25) is 0 Å². The van der Waals surface area contributed by atoms with Gasteiger partial charge in [0.15, 0.2) is 13.2 Å². The summed E-state index contributed by atoms with van der Waals surface area (Å²) in [6, 6.07) is 12.9. The number of hydrogen-bond donors (Lipinski definition) is 1. The number of carbonyl (C=O) groups excluding carboxylic acids is 2. The molecule has 126 valence electrons. The number of amides is 1. The molecule has 1 amide bonds. The zero-order valence-electron chi connectivity index (χ0n) is 13.5. The van der Waals surface area contributed by atoms with Crippen molar-refractivity contribution in [2.24, 2.45) is 0 Å². The summed E-state index contributed by atoms with van der Waals surface area (Å²) in [4.78, 5) is 23.5. The van der Waals surface area contributed by atoms with Crippen LogP contribution in [-0.2, 0) is 14.3 Å². The Kier molecular flexibility index (Phi) is 6.60. The van der Waals surface area contributed by atoms with Gasteiger partial charge in [-0.05, 0) is 77.9 Å². The molecule has 24 heavy (non-hydrogen) atoms. The number of nitrogens with one attached hydrogen (secondary N) is 1. The van der Waals surface area contributed by atoms with Gasteiger partial charge in [-0.1, -0.05) is 12.1 Å². The van der Waals surface area contributed by atoms with E-state index in [1.165, 1.54) is 0 Å². The highest BCUT2D eigenvalue weighted by Crippen LogP contribution is 2.17. The van der Waals surface area contributed by atoms with E-state index in [4.69, 9.17) is 9.47 Å². The topological polar surface area (TPSA) is 64.6 Å². The number of rotatable bonds is 6. The highest BCUT2D eigenvalue weighted by atomic mass is 127. The van der Waals surface area contributed by atoms with Crippen LogP contribution in [0.15, 0.2) is 42.5 Å². The molecule has 0 atom stereocenters. The molecule has 0 unspecified atom stereocenters. The smallest absolute Gasteiger partial charge is 0.344 e. The highest BCUT2D eigenvalue weighted by molar-refractivity contribution is 14.1. The molecule has 0 aliphatic carbocycles. The lowest BCUT2D eigenvalue weighted by Gasteiger charge is -2.11. The van der Waals surface area contributed by atoms with Crippen molar-refractivity contribution in [1.29, 1.82) is 0 Å². The lowest BCUT2D eigenvalue weighted by Crippen LogP contribution is -2.24. The van der Waals surface area contributed by atoms with E-state index in [0.717, 1.165) is 14.7 Å². The zero-order chi connectivity index (χ0) is 17.5. The van der Waals surface area contributed by atoms with Gasteiger partial charge in [-0.2, -0.15) is 0 Å².